The standard InChI is InChI=1S/C34H45FN4O2/c1-6-25-19-34(20-25)12-8-29(9-13-34)39-33(40)27-16-26(17-28(35)18-27)21-38-23(4)31-11-15-41-32(31)30(7-2)22(3)10-14-37-24(5)36/h7,10,14,16-18,25,29,38H,2,5-6,8-9,11-13,15,19-21,36H2,1,3-4H3,(H,39,40)/b22-10+,31-23+,32-30-,37-14-. The van der Waals surface area contributed by atoms with Crippen molar-refractivity contribution in [2.24, 2.45) is 22.1 Å². The lowest BCUT2D eigenvalue weighted by molar-refractivity contribution is 0.00515. The van der Waals surface area contributed by atoms with E-state index in [4.69, 9.17) is 10.5 Å². The van der Waals surface area contributed by atoms with Crippen molar-refractivity contribution in [2.45, 2.75) is 84.7 Å². The van der Waals surface area contributed by atoms with Crippen LogP contribution in [0.25, 0.3) is 0 Å². The molecule has 2 aliphatic carbocycles. The fourth-order valence-electron chi connectivity index (χ4n) is 6.55. The Hall–Kier alpha value is -3.61. The normalized spacial score (nSPS) is 26.8. The Bertz CT molecular complexity index is 1290. The van der Waals surface area contributed by atoms with Gasteiger partial charge in [0, 0.05) is 47.6 Å². The molecule has 1 aliphatic heterocycles. The number of benzene rings is 1. The smallest absolute Gasteiger partial charge is 0.251 e. The van der Waals surface area contributed by atoms with Crippen molar-refractivity contribution in [3.8, 4) is 0 Å². The first-order chi connectivity index (χ1) is 19.6. The summed E-state index contributed by atoms with van der Waals surface area (Å²) in [6.45, 7) is 14.7. The zero-order chi connectivity index (χ0) is 29.6. The topological polar surface area (TPSA) is 88.7 Å². The van der Waals surface area contributed by atoms with Crippen LogP contribution in [0.2, 0.25) is 0 Å². The number of nitrogens with two attached hydrogens (primary N) is 1. The lowest BCUT2D eigenvalue weighted by Crippen LogP contribution is -2.45. The maximum atomic E-state index is 14.6. The first-order valence-corrected chi connectivity index (χ1v) is 14.8. The Morgan fingerprint density at radius 2 is 1.98 bits per heavy atom. The number of nitrogens with zero attached hydrogens (tertiary/aromatic N) is 1. The van der Waals surface area contributed by atoms with Crippen LogP contribution < -0.4 is 16.4 Å². The van der Waals surface area contributed by atoms with Gasteiger partial charge < -0.3 is 21.1 Å². The van der Waals surface area contributed by atoms with E-state index in [-0.39, 0.29) is 17.8 Å². The summed E-state index contributed by atoms with van der Waals surface area (Å²) < 4.78 is 20.6. The molecule has 4 N–H and O–H groups in total. The van der Waals surface area contributed by atoms with Gasteiger partial charge in [0.15, 0.2) is 0 Å². The molecule has 0 unspecified atom stereocenters. The molecule has 0 atom stereocenters. The predicted octanol–water partition coefficient (Wildman–Crippen LogP) is 6.98. The van der Waals surface area contributed by atoms with Gasteiger partial charge in [-0.2, -0.15) is 0 Å². The van der Waals surface area contributed by atoms with Crippen LogP contribution in [0.3, 0.4) is 0 Å². The molecule has 3 fully saturated rings. The highest BCUT2D eigenvalue weighted by atomic mass is 19.1. The quantitative estimate of drug-likeness (QED) is 0.270. The second kappa shape index (κ2) is 13.4. The van der Waals surface area contributed by atoms with Crippen LogP contribution in [0.4, 0.5) is 4.39 Å². The molecule has 7 heteroatoms. The minimum absolute atomic E-state index is 0.162. The predicted molar refractivity (Wildman–Crippen MR) is 164 cm³/mol. The van der Waals surface area contributed by atoms with Crippen LogP contribution in [0.15, 0.2) is 82.5 Å². The van der Waals surface area contributed by atoms with Gasteiger partial charge >= 0.3 is 0 Å². The molecule has 2 saturated carbocycles. The lowest BCUT2D eigenvalue weighted by Gasteiger charge is -2.51. The molecule has 0 bridgehead atoms. The molecule has 4 rings (SSSR count). The number of ether oxygens (including phenoxy) is 1. The fourth-order valence-corrected chi connectivity index (χ4v) is 6.55. The second-order valence-corrected chi connectivity index (χ2v) is 11.9. The minimum Gasteiger partial charge on any atom is -0.492 e. The number of carbonyl (C=O) groups is 1. The molecule has 1 amide bonds. The molecule has 1 heterocycles. The van der Waals surface area contributed by atoms with E-state index >= 15 is 0 Å². The van der Waals surface area contributed by atoms with Crippen molar-refractivity contribution >= 4 is 12.1 Å². The third-order valence-electron chi connectivity index (χ3n) is 8.94. The van der Waals surface area contributed by atoms with Gasteiger partial charge in [-0.1, -0.05) is 32.6 Å². The molecule has 3 aliphatic rings. The number of amides is 1. The molecule has 1 aromatic rings. The molecule has 1 spiro atoms. The second-order valence-electron chi connectivity index (χ2n) is 11.9. The van der Waals surface area contributed by atoms with Crippen molar-refractivity contribution < 1.29 is 13.9 Å². The first-order valence-electron chi connectivity index (χ1n) is 14.8. The first kappa shape index (κ1) is 30.4. The van der Waals surface area contributed by atoms with E-state index in [0.29, 0.717) is 29.7 Å². The summed E-state index contributed by atoms with van der Waals surface area (Å²) in [4.78, 5) is 17.1. The largest absolute Gasteiger partial charge is 0.492 e. The van der Waals surface area contributed by atoms with E-state index in [9.17, 15) is 9.18 Å². The van der Waals surface area contributed by atoms with E-state index in [1.807, 2.05) is 19.9 Å². The maximum absolute atomic E-state index is 14.6. The van der Waals surface area contributed by atoms with Gasteiger partial charge in [0.25, 0.3) is 5.91 Å². The Labute approximate surface area is 244 Å². The van der Waals surface area contributed by atoms with Gasteiger partial charge in [-0.15, -0.1) is 0 Å². The highest BCUT2D eigenvalue weighted by molar-refractivity contribution is 5.94. The van der Waals surface area contributed by atoms with E-state index in [0.717, 1.165) is 53.4 Å². The van der Waals surface area contributed by atoms with Crippen LogP contribution in [-0.2, 0) is 11.3 Å². The minimum atomic E-state index is -0.413. The SMILES string of the molecule is C=CC(=C1/OCC/C1=C(/C)NCc1cc(F)cc(C(=O)NC2CCC3(CC2)CC(CC)C3)c1)/C(C)=C/C=N\C(=C)N. The summed E-state index contributed by atoms with van der Waals surface area (Å²) in [5.41, 5.74) is 10.9. The summed E-state index contributed by atoms with van der Waals surface area (Å²) in [6, 6.07) is 4.74. The fraction of sp³-hybridized carbons (Fsp3) is 0.471. The average Bonchev–Trinajstić information content (AvgIpc) is 3.40. The van der Waals surface area contributed by atoms with E-state index in [1.54, 1.807) is 18.4 Å². The molecule has 41 heavy (non-hydrogen) atoms. The Morgan fingerprint density at radius 3 is 2.63 bits per heavy atom. The van der Waals surface area contributed by atoms with Gasteiger partial charge in [0.2, 0.25) is 0 Å². The van der Waals surface area contributed by atoms with Crippen molar-refractivity contribution in [1.82, 2.24) is 10.6 Å². The number of halogens is 1. The molecule has 1 saturated heterocycles. The highest BCUT2D eigenvalue weighted by Gasteiger charge is 2.45. The zero-order valence-corrected chi connectivity index (χ0v) is 24.8. The molecule has 6 nitrogen and oxygen atoms in total. The van der Waals surface area contributed by atoms with Gasteiger partial charge in [0.05, 0.1) is 6.61 Å². The third kappa shape index (κ3) is 7.57. The summed E-state index contributed by atoms with van der Waals surface area (Å²) in [6.07, 6.45) is 14.3. The number of hydrogen-bond donors (Lipinski definition) is 3. The number of hydrogen-bond acceptors (Lipinski definition) is 5. The molecule has 0 aromatic heterocycles. The number of nitrogens with one attached hydrogen (secondary N) is 2. The maximum Gasteiger partial charge on any atom is 0.251 e. The van der Waals surface area contributed by atoms with Crippen molar-refractivity contribution in [3.63, 3.8) is 0 Å². The van der Waals surface area contributed by atoms with Crippen LogP contribution in [0, 0.1) is 17.2 Å². The molecule has 220 valence electrons. The Morgan fingerprint density at radius 1 is 1.24 bits per heavy atom. The number of rotatable bonds is 10. The highest BCUT2D eigenvalue weighted by Crippen LogP contribution is 2.55. The van der Waals surface area contributed by atoms with Gasteiger partial charge in [-0.3, -0.25) is 4.79 Å². The van der Waals surface area contributed by atoms with Crippen LogP contribution in [-0.4, -0.2) is 24.8 Å². The van der Waals surface area contributed by atoms with Crippen LogP contribution in [0.5, 0.6) is 0 Å². The zero-order valence-electron chi connectivity index (χ0n) is 24.8. The molecule has 0 radical (unpaired) electrons. The van der Waals surface area contributed by atoms with E-state index in [2.05, 4.69) is 35.7 Å². The Balaban J connectivity index is 1.40. The number of allylic oxidation sites excluding steroid dienone is 6. The van der Waals surface area contributed by atoms with Crippen LogP contribution in [0.1, 0.15) is 88.1 Å². The summed E-state index contributed by atoms with van der Waals surface area (Å²) >= 11 is 0. The monoisotopic (exact) mass is 560 g/mol. The molecular weight excluding hydrogens is 515 g/mol. The van der Waals surface area contributed by atoms with Crippen molar-refractivity contribution in [1.29, 1.82) is 0 Å². The summed E-state index contributed by atoms with van der Waals surface area (Å²) in [5.74, 6) is 1.27. The summed E-state index contributed by atoms with van der Waals surface area (Å²) in [5, 5.41) is 6.58. The van der Waals surface area contributed by atoms with Gasteiger partial charge in [-0.25, -0.2) is 9.38 Å². The Kier molecular flexibility index (Phi) is 9.90. The van der Waals surface area contributed by atoms with Gasteiger partial charge in [-0.05, 0) is 99.1 Å². The number of aliphatic imine (C=N–C) groups is 1. The summed E-state index contributed by atoms with van der Waals surface area (Å²) in [7, 11) is 0. The third-order valence-corrected chi connectivity index (χ3v) is 8.94. The lowest BCUT2D eigenvalue weighted by atomic mass is 9.55. The van der Waals surface area contributed by atoms with Crippen molar-refractivity contribution in [3.05, 3.63) is 94.4 Å². The molecule has 1 aromatic carbocycles. The molecular formula is C34H45FN4O2. The van der Waals surface area contributed by atoms with E-state index in [1.165, 1.54) is 44.2 Å². The van der Waals surface area contributed by atoms with E-state index < -0.39 is 5.82 Å². The van der Waals surface area contributed by atoms with Crippen LogP contribution >= 0.6 is 0 Å². The van der Waals surface area contributed by atoms with Crippen molar-refractivity contribution in [2.75, 3.05) is 6.61 Å². The van der Waals surface area contributed by atoms with Gasteiger partial charge in [0.1, 0.15) is 17.4 Å². The average molecular weight is 561 g/mol. The number of carbonyl (C=O) groups excluding carboxylic acids is 1.